The maximum Gasteiger partial charge on any atom is 0.334 e. The average molecular weight is 126 g/mol. The van der Waals surface area contributed by atoms with E-state index in [4.69, 9.17) is 0 Å². The van der Waals surface area contributed by atoms with Gasteiger partial charge in [-0.3, -0.25) is 0 Å². The molecule has 0 radical (unpaired) electrons. The van der Waals surface area contributed by atoms with Crippen molar-refractivity contribution in [2.24, 2.45) is 0 Å². The molecule has 0 unspecified atom stereocenters. The van der Waals surface area contributed by atoms with Gasteiger partial charge in [0.05, 0.1) is 6.26 Å². The second-order valence-corrected chi connectivity index (χ2v) is 0.808. The Bertz CT molecular complexity index is 105. The minimum absolute atomic E-state index is 0.477. The molecular weight excluding hydrogens is 116 g/mol. The van der Waals surface area contributed by atoms with Gasteiger partial charge in [0.15, 0.2) is 0 Å². The first-order valence-electron chi connectivity index (χ1n) is 2.25. The largest absolute Gasteiger partial charge is 0.432 e. The highest BCUT2D eigenvalue weighted by atomic mass is 16.5. The van der Waals surface area contributed by atoms with E-state index in [2.05, 4.69) is 31.1 Å². The molecule has 9 heavy (non-hydrogen) atoms. The molecule has 0 rings (SSSR count). The second-order valence-electron chi connectivity index (χ2n) is 0.808. The number of ether oxygens (including phenoxy) is 1. The number of carbonyl (C=O) groups excluding carboxylic acids is 1. The van der Waals surface area contributed by atoms with Crippen LogP contribution in [0.15, 0.2) is 38.7 Å². The van der Waals surface area contributed by atoms with E-state index in [0.29, 0.717) is 0 Å². The predicted octanol–water partition coefficient (Wildman–Crippen LogP) is 1.66. The lowest BCUT2D eigenvalue weighted by atomic mass is 10.7. The molecule has 2 nitrogen and oxygen atoms in total. The monoisotopic (exact) mass is 126 g/mol. The van der Waals surface area contributed by atoms with E-state index in [1.807, 2.05) is 0 Å². The van der Waals surface area contributed by atoms with Crippen LogP contribution in [0.5, 0.6) is 0 Å². The van der Waals surface area contributed by atoms with Crippen molar-refractivity contribution in [1.82, 2.24) is 0 Å². The Morgan fingerprint density at radius 1 is 1.33 bits per heavy atom. The molecule has 0 saturated carbocycles. The molecule has 50 valence electrons. The number of hydrogen-bond donors (Lipinski definition) is 0. The SMILES string of the molecule is C=C.C=COC(=O)C=C. The molecule has 0 aliphatic heterocycles. The summed E-state index contributed by atoms with van der Waals surface area (Å²) in [6.45, 7) is 12.3. The van der Waals surface area contributed by atoms with Crippen molar-refractivity contribution in [3.63, 3.8) is 0 Å². The summed E-state index contributed by atoms with van der Waals surface area (Å²) in [4.78, 5) is 10.0. The van der Waals surface area contributed by atoms with E-state index in [-0.39, 0.29) is 0 Å². The lowest BCUT2D eigenvalue weighted by Gasteiger charge is -1.85. The van der Waals surface area contributed by atoms with Crippen LogP contribution >= 0.6 is 0 Å². The van der Waals surface area contributed by atoms with Crippen molar-refractivity contribution < 1.29 is 9.53 Å². The Balaban J connectivity index is 0. The van der Waals surface area contributed by atoms with Crippen LogP contribution in [0.2, 0.25) is 0 Å². The molecule has 0 aromatic heterocycles. The van der Waals surface area contributed by atoms with Gasteiger partial charge in [-0.05, 0) is 0 Å². The van der Waals surface area contributed by atoms with E-state index < -0.39 is 5.97 Å². The standard InChI is InChI=1S/C5H6O2.C2H4/c1-3-5(6)7-4-2;1-2/h3-4H,1-2H2;1-2H2. The Kier molecular flexibility index (Phi) is 11.6. The molecule has 0 fully saturated rings. The van der Waals surface area contributed by atoms with E-state index in [1.165, 1.54) is 0 Å². The van der Waals surface area contributed by atoms with E-state index in [1.54, 1.807) is 0 Å². The fourth-order valence-electron chi connectivity index (χ4n) is 0.130. The Morgan fingerprint density at radius 3 is 1.89 bits per heavy atom. The first kappa shape index (κ1) is 10.6. The normalized spacial score (nSPS) is 5.78. The summed E-state index contributed by atoms with van der Waals surface area (Å²) < 4.78 is 4.20. The number of esters is 1. The Morgan fingerprint density at radius 2 is 1.78 bits per heavy atom. The summed E-state index contributed by atoms with van der Waals surface area (Å²) in [6.07, 6.45) is 2.13. The smallest absolute Gasteiger partial charge is 0.334 e. The molecule has 0 saturated heterocycles. The van der Waals surface area contributed by atoms with Crippen molar-refractivity contribution >= 4 is 5.97 Å². The summed E-state index contributed by atoms with van der Waals surface area (Å²) in [7, 11) is 0. The van der Waals surface area contributed by atoms with Crippen LogP contribution in [0.25, 0.3) is 0 Å². The summed E-state index contributed by atoms with van der Waals surface area (Å²) >= 11 is 0. The molecule has 0 atom stereocenters. The fraction of sp³-hybridized carbons (Fsp3) is 0. The van der Waals surface area contributed by atoms with Crippen LogP contribution in [0.1, 0.15) is 0 Å². The fourth-order valence-corrected chi connectivity index (χ4v) is 0.130. The zero-order valence-corrected chi connectivity index (χ0v) is 5.30. The summed E-state index contributed by atoms with van der Waals surface area (Å²) in [5, 5.41) is 0. The zero-order valence-electron chi connectivity index (χ0n) is 5.30. The topological polar surface area (TPSA) is 26.3 Å². The Hall–Kier alpha value is -1.31. The van der Waals surface area contributed by atoms with Crippen LogP contribution < -0.4 is 0 Å². The minimum atomic E-state index is -0.477. The molecule has 0 aliphatic rings. The first-order valence-corrected chi connectivity index (χ1v) is 2.25. The van der Waals surface area contributed by atoms with Crippen molar-refractivity contribution in [3.8, 4) is 0 Å². The van der Waals surface area contributed by atoms with Gasteiger partial charge >= 0.3 is 5.97 Å². The Labute approximate surface area is 55.1 Å². The minimum Gasteiger partial charge on any atom is -0.432 e. The van der Waals surface area contributed by atoms with Gasteiger partial charge in [0.25, 0.3) is 0 Å². The number of carbonyl (C=O) groups is 1. The molecule has 0 aliphatic carbocycles. The van der Waals surface area contributed by atoms with Gasteiger partial charge in [-0.1, -0.05) is 13.2 Å². The third-order valence-corrected chi connectivity index (χ3v) is 0.366. The predicted molar refractivity (Wildman–Crippen MR) is 37.7 cm³/mol. The van der Waals surface area contributed by atoms with Crippen molar-refractivity contribution in [1.29, 1.82) is 0 Å². The van der Waals surface area contributed by atoms with Gasteiger partial charge in [0, 0.05) is 6.08 Å². The summed E-state index contributed by atoms with van der Waals surface area (Å²) in [5.41, 5.74) is 0. The number of rotatable bonds is 2. The highest BCUT2D eigenvalue weighted by Gasteiger charge is 1.84. The van der Waals surface area contributed by atoms with Gasteiger partial charge in [0.2, 0.25) is 0 Å². The molecule has 0 N–H and O–H groups in total. The van der Waals surface area contributed by atoms with Gasteiger partial charge in [-0.15, -0.1) is 13.2 Å². The molecular formula is C7H10O2. The summed E-state index contributed by atoms with van der Waals surface area (Å²) in [5.74, 6) is -0.477. The summed E-state index contributed by atoms with van der Waals surface area (Å²) in [6, 6.07) is 0. The van der Waals surface area contributed by atoms with Crippen molar-refractivity contribution in [2.45, 2.75) is 0 Å². The average Bonchev–Trinajstić information content (AvgIpc) is 1.93. The van der Waals surface area contributed by atoms with Crippen LogP contribution in [0.4, 0.5) is 0 Å². The maximum absolute atomic E-state index is 10.0. The first-order chi connectivity index (χ1) is 4.31. The maximum atomic E-state index is 10.0. The molecule has 0 aromatic carbocycles. The van der Waals surface area contributed by atoms with Crippen molar-refractivity contribution in [2.75, 3.05) is 0 Å². The lowest BCUT2D eigenvalue weighted by molar-refractivity contribution is -0.132. The van der Waals surface area contributed by atoms with E-state index in [0.717, 1.165) is 12.3 Å². The molecule has 0 amide bonds. The van der Waals surface area contributed by atoms with Gasteiger partial charge in [0.1, 0.15) is 0 Å². The second kappa shape index (κ2) is 9.85. The quantitative estimate of drug-likeness (QED) is 0.243. The van der Waals surface area contributed by atoms with Gasteiger partial charge in [-0.25, -0.2) is 4.79 Å². The van der Waals surface area contributed by atoms with E-state index in [9.17, 15) is 4.79 Å². The lowest BCUT2D eigenvalue weighted by Crippen LogP contribution is -1.90. The van der Waals surface area contributed by atoms with Crippen molar-refractivity contribution in [3.05, 3.63) is 38.7 Å². The molecule has 0 bridgehead atoms. The molecule has 0 heterocycles. The van der Waals surface area contributed by atoms with Crippen LogP contribution in [0, 0.1) is 0 Å². The van der Waals surface area contributed by atoms with E-state index >= 15 is 0 Å². The van der Waals surface area contributed by atoms with Gasteiger partial charge < -0.3 is 4.74 Å². The third kappa shape index (κ3) is 10.8. The molecule has 2 heteroatoms. The van der Waals surface area contributed by atoms with Crippen LogP contribution in [-0.2, 0) is 9.53 Å². The van der Waals surface area contributed by atoms with Crippen LogP contribution in [-0.4, -0.2) is 5.97 Å². The zero-order chi connectivity index (χ0) is 7.70. The highest BCUT2D eigenvalue weighted by Crippen LogP contribution is 1.75. The molecule has 0 aromatic rings. The highest BCUT2D eigenvalue weighted by molar-refractivity contribution is 5.81. The third-order valence-electron chi connectivity index (χ3n) is 0.366. The molecule has 0 spiro atoms. The van der Waals surface area contributed by atoms with Crippen LogP contribution in [0.3, 0.4) is 0 Å². The number of hydrogen-bond acceptors (Lipinski definition) is 2. The van der Waals surface area contributed by atoms with Gasteiger partial charge in [-0.2, -0.15) is 0 Å².